The SMILES string of the molecule is Clc1ccc(C2=CCCC3CNC23)cn1. The maximum Gasteiger partial charge on any atom is 0.129 e. The highest BCUT2D eigenvalue weighted by Gasteiger charge is 2.35. The van der Waals surface area contributed by atoms with Crippen LogP contribution in [-0.4, -0.2) is 17.6 Å². The second kappa shape index (κ2) is 3.62. The Hall–Kier alpha value is -0.860. The zero-order valence-electron chi connectivity index (χ0n) is 8.41. The molecule has 3 rings (SSSR count). The Bertz CT molecular complexity index is 397. The summed E-state index contributed by atoms with van der Waals surface area (Å²) in [5, 5.41) is 4.04. The lowest BCUT2D eigenvalue weighted by Gasteiger charge is -2.42. The smallest absolute Gasteiger partial charge is 0.129 e. The standard InChI is InChI=1S/C12H13ClN2/c13-11-5-4-8(6-14-11)10-3-1-2-9-7-15-12(9)10/h3-6,9,12,15H,1-2,7H2. The number of nitrogens with one attached hydrogen (secondary N) is 1. The molecule has 15 heavy (non-hydrogen) atoms. The second-order valence-electron chi connectivity index (χ2n) is 4.25. The quantitative estimate of drug-likeness (QED) is 0.736. The molecular weight excluding hydrogens is 208 g/mol. The third-order valence-corrected chi connectivity index (χ3v) is 3.59. The third kappa shape index (κ3) is 1.58. The molecule has 0 bridgehead atoms. The second-order valence-corrected chi connectivity index (χ2v) is 4.64. The van der Waals surface area contributed by atoms with Crippen LogP contribution in [0.15, 0.2) is 24.4 Å². The van der Waals surface area contributed by atoms with Crippen molar-refractivity contribution in [3.8, 4) is 0 Å². The van der Waals surface area contributed by atoms with Gasteiger partial charge in [-0.05, 0) is 36.0 Å². The van der Waals surface area contributed by atoms with E-state index in [2.05, 4.69) is 22.4 Å². The summed E-state index contributed by atoms with van der Waals surface area (Å²) >= 11 is 5.78. The Morgan fingerprint density at radius 3 is 3.00 bits per heavy atom. The van der Waals surface area contributed by atoms with Crippen molar-refractivity contribution in [3.05, 3.63) is 35.1 Å². The molecule has 0 spiro atoms. The molecule has 1 aliphatic carbocycles. The number of pyridine rings is 1. The van der Waals surface area contributed by atoms with Crippen LogP contribution < -0.4 is 5.32 Å². The highest BCUT2D eigenvalue weighted by Crippen LogP contribution is 2.35. The van der Waals surface area contributed by atoms with Gasteiger partial charge in [0, 0.05) is 18.8 Å². The molecule has 1 aromatic rings. The zero-order chi connectivity index (χ0) is 10.3. The summed E-state index contributed by atoms with van der Waals surface area (Å²) in [7, 11) is 0. The Balaban J connectivity index is 1.92. The summed E-state index contributed by atoms with van der Waals surface area (Å²) < 4.78 is 0. The average Bonchev–Trinajstić information content (AvgIpc) is 2.21. The van der Waals surface area contributed by atoms with Crippen molar-refractivity contribution in [3.63, 3.8) is 0 Å². The molecule has 0 amide bonds. The van der Waals surface area contributed by atoms with E-state index < -0.39 is 0 Å². The van der Waals surface area contributed by atoms with Gasteiger partial charge in [-0.25, -0.2) is 4.98 Å². The summed E-state index contributed by atoms with van der Waals surface area (Å²) in [5.74, 6) is 0.834. The molecule has 0 saturated carbocycles. The monoisotopic (exact) mass is 220 g/mol. The first-order valence-electron chi connectivity index (χ1n) is 5.40. The van der Waals surface area contributed by atoms with Gasteiger partial charge in [0.1, 0.15) is 5.15 Å². The van der Waals surface area contributed by atoms with Gasteiger partial charge in [0.15, 0.2) is 0 Å². The van der Waals surface area contributed by atoms with Crippen LogP contribution >= 0.6 is 11.6 Å². The first-order valence-corrected chi connectivity index (χ1v) is 5.78. The highest BCUT2D eigenvalue weighted by molar-refractivity contribution is 6.29. The van der Waals surface area contributed by atoms with Gasteiger partial charge in [-0.3, -0.25) is 0 Å². The van der Waals surface area contributed by atoms with Crippen LogP contribution in [0.3, 0.4) is 0 Å². The van der Waals surface area contributed by atoms with Crippen LogP contribution in [0.5, 0.6) is 0 Å². The van der Waals surface area contributed by atoms with Gasteiger partial charge in [0.05, 0.1) is 0 Å². The third-order valence-electron chi connectivity index (χ3n) is 3.37. The van der Waals surface area contributed by atoms with E-state index in [1.165, 1.54) is 30.5 Å². The number of hydrogen-bond donors (Lipinski definition) is 1. The van der Waals surface area contributed by atoms with Gasteiger partial charge in [-0.1, -0.05) is 23.7 Å². The number of halogens is 1. The number of nitrogens with zero attached hydrogens (tertiary/aromatic N) is 1. The van der Waals surface area contributed by atoms with E-state index in [4.69, 9.17) is 11.6 Å². The molecule has 0 aromatic carbocycles. The van der Waals surface area contributed by atoms with E-state index in [1.54, 1.807) is 0 Å². The summed E-state index contributed by atoms with van der Waals surface area (Å²) in [6.45, 7) is 1.17. The van der Waals surface area contributed by atoms with Gasteiger partial charge < -0.3 is 5.32 Å². The molecule has 0 radical (unpaired) electrons. The molecule has 1 aromatic heterocycles. The van der Waals surface area contributed by atoms with Crippen molar-refractivity contribution < 1.29 is 0 Å². The fraction of sp³-hybridized carbons (Fsp3) is 0.417. The summed E-state index contributed by atoms with van der Waals surface area (Å²) in [6, 6.07) is 4.48. The van der Waals surface area contributed by atoms with Gasteiger partial charge in [-0.2, -0.15) is 0 Å². The van der Waals surface area contributed by atoms with Crippen LogP contribution in [-0.2, 0) is 0 Å². The van der Waals surface area contributed by atoms with Crippen LogP contribution in [0, 0.1) is 5.92 Å². The minimum absolute atomic E-state index is 0.557. The number of allylic oxidation sites excluding steroid dienone is 1. The fourth-order valence-electron chi connectivity index (χ4n) is 2.46. The lowest BCUT2D eigenvalue weighted by Crippen LogP contribution is -2.54. The van der Waals surface area contributed by atoms with E-state index in [0.29, 0.717) is 11.2 Å². The lowest BCUT2D eigenvalue weighted by atomic mass is 9.76. The van der Waals surface area contributed by atoms with Gasteiger partial charge >= 0.3 is 0 Å². The number of rotatable bonds is 1. The van der Waals surface area contributed by atoms with E-state index in [0.717, 1.165) is 5.92 Å². The summed E-state index contributed by atoms with van der Waals surface area (Å²) in [6.07, 6.45) is 6.72. The van der Waals surface area contributed by atoms with Crippen molar-refractivity contribution in [2.24, 2.45) is 5.92 Å². The Kier molecular flexibility index (Phi) is 2.26. The maximum atomic E-state index is 5.78. The van der Waals surface area contributed by atoms with Gasteiger partial charge in [0.25, 0.3) is 0 Å². The van der Waals surface area contributed by atoms with E-state index >= 15 is 0 Å². The van der Waals surface area contributed by atoms with E-state index in [-0.39, 0.29) is 0 Å². The molecule has 78 valence electrons. The molecule has 2 atom stereocenters. The molecule has 2 aliphatic rings. The first-order chi connectivity index (χ1) is 7.34. The molecular formula is C12H13ClN2. The zero-order valence-corrected chi connectivity index (χ0v) is 9.17. The predicted octanol–water partition coefficient (Wildman–Crippen LogP) is 2.50. The molecule has 1 fully saturated rings. The first kappa shape index (κ1) is 9.37. The normalized spacial score (nSPS) is 29.0. The Morgan fingerprint density at radius 1 is 1.40 bits per heavy atom. The number of aromatic nitrogens is 1. The average molecular weight is 221 g/mol. The topological polar surface area (TPSA) is 24.9 Å². The maximum absolute atomic E-state index is 5.78. The van der Waals surface area contributed by atoms with Crippen molar-refractivity contribution >= 4 is 17.2 Å². The Labute approximate surface area is 94.4 Å². The number of fused-ring (bicyclic) bond motifs is 1. The van der Waals surface area contributed by atoms with Crippen molar-refractivity contribution in [1.82, 2.24) is 10.3 Å². The van der Waals surface area contributed by atoms with Crippen LogP contribution in [0.25, 0.3) is 5.57 Å². The minimum atomic E-state index is 0.557. The van der Waals surface area contributed by atoms with Crippen molar-refractivity contribution in [1.29, 1.82) is 0 Å². The summed E-state index contributed by atoms with van der Waals surface area (Å²) in [4.78, 5) is 4.13. The largest absolute Gasteiger partial charge is 0.309 e. The van der Waals surface area contributed by atoms with Crippen LogP contribution in [0.1, 0.15) is 18.4 Å². The lowest BCUT2D eigenvalue weighted by molar-refractivity contribution is 0.262. The Morgan fingerprint density at radius 2 is 2.33 bits per heavy atom. The fourth-order valence-corrected chi connectivity index (χ4v) is 2.57. The molecule has 2 nitrogen and oxygen atoms in total. The van der Waals surface area contributed by atoms with Crippen molar-refractivity contribution in [2.75, 3.05) is 6.54 Å². The molecule has 2 unspecified atom stereocenters. The van der Waals surface area contributed by atoms with Gasteiger partial charge in [-0.15, -0.1) is 0 Å². The molecule has 3 heteroatoms. The minimum Gasteiger partial charge on any atom is -0.309 e. The van der Waals surface area contributed by atoms with E-state index in [9.17, 15) is 0 Å². The van der Waals surface area contributed by atoms with E-state index in [1.807, 2.05) is 12.3 Å². The molecule has 1 saturated heterocycles. The predicted molar refractivity (Wildman–Crippen MR) is 61.7 cm³/mol. The molecule has 1 N–H and O–H groups in total. The molecule has 1 aliphatic heterocycles. The van der Waals surface area contributed by atoms with Crippen LogP contribution in [0.2, 0.25) is 5.15 Å². The van der Waals surface area contributed by atoms with Crippen molar-refractivity contribution in [2.45, 2.75) is 18.9 Å². The summed E-state index contributed by atoms with van der Waals surface area (Å²) in [5.41, 5.74) is 2.61. The van der Waals surface area contributed by atoms with Crippen LogP contribution in [0.4, 0.5) is 0 Å². The van der Waals surface area contributed by atoms with Gasteiger partial charge in [0.2, 0.25) is 0 Å². The molecule has 2 heterocycles. The number of hydrogen-bond acceptors (Lipinski definition) is 2. The highest BCUT2D eigenvalue weighted by atomic mass is 35.5.